The first-order valence-corrected chi connectivity index (χ1v) is 7.67. The summed E-state index contributed by atoms with van der Waals surface area (Å²) in [5.74, 6) is -0.242. The van der Waals surface area contributed by atoms with Gasteiger partial charge in [-0.2, -0.15) is 0 Å². The molecular formula is C16H31NO4. The van der Waals surface area contributed by atoms with Gasteiger partial charge in [-0.25, -0.2) is 4.79 Å². The molecule has 0 radical (unpaired) electrons. The standard InChI is InChI=1S/C16H31NO4/c1-12(2)7-10-20-13(3)15(19)21-11-14(18)17-9-8-16(4,5)6/h12-13H,7-11H2,1-6H3,(H,17,18). The maximum absolute atomic E-state index is 11.6. The number of rotatable bonds is 9. The summed E-state index contributed by atoms with van der Waals surface area (Å²) < 4.78 is 10.3. The second-order valence-electron chi connectivity index (χ2n) is 6.96. The Morgan fingerprint density at radius 1 is 1.14 bits per heavy atom. The smallest absolute Gasteiger partial charge is 0.335 e. The van der Waals surface area contributed by atoms with Crippen molar-refractivity contribution in [2.24, 2.45) is 11.3 Å². The SMILES string of the molecule is CC(C)CCOC(C)C(=O)OCC(=O)NCCC(C)(C)C. The van der Waals surface area contributed by atoms with Gasteiger partial charge in [-0.1, -0.05) is 34.6 Å². The zero-order chi connectivity index (χ0) is 16.5. The largest absolute Gasteiger partial charge is 0.454 e. The van der Waals surface area contributed by atoms with Crippen LogP contribution in [0.25, 0.3) is 0 Å². The van der Waals surface area contributed by atoms with Crippen molar-refractivity contribution in [1.29, 1.82) is 0 Å². The Hall–Kier alpha value is -1.10. The van der Waals surface area contributed by atoms with Crippen LogP contribution in [-0.2, 0) is 19.1 Å². The Morgan fingerprint density at radius 3 is 2.29 bits per heavy atom. The van der Waals surface area contributed by atoms with Crippen LogP contribution in [-0.4, -0.2) is 37.7 Å². The first kappa shape index (κ1) is 19.9. The predicted octanol–water partition coefficient (Wildman–Crippen LogP) is 2.53. The van der Waals surface area contributed by atoms with E-state index in [1.54, 1.807) is 6.92 Å². The first-order valence-electron chi connectivity index (χ1n) is 7.67. The highest BCUT2D eigenvalue weighted by atomic mass is 16.6. The van der Waals surface area contributed by atoms with Crippen molar-refractivity contribution < 1.29 is 19.1 Å². The summed E-state index contributed by atoms with van der Waals surface area (Å²) >= 11 is 0. The zero-order valence-corrected chi connectivity index (χ0v) is 14.3. The highest BCUT2D eigenvalue weighted by molar-refractivity contribution is 5.81. The lowest BCUT2D eigenvalue weighted by Crippen LogP contribution is -2.33. The van der Waals surface area contributed by atoms with Crippen molar-refractivity contribution in [3.05, 3.63) is 0 Å². The summed E-state index contributed by atoms with van der Waals surface area (Å²) in [6, 6.07) is 0. The van der Waals surface area contributed by atoms with Crippen molar-refractivity contribution in [3.8, 4) is 0 Å². The van der Waals surface area contributed by atoms with Crippen LogP contribution >= 0.6 is 0 Å². The van der Waals surface area contributed by atoms with Crippen molar-refractivity contribution >= 4 is 11.9 Å². The summed E-state index contributed by atoms with van der Waals surface area (Å²) in [4.78, 5) is 23.2. The number of hydrogen-bond acceptors (Lipinski definition) is 4. The molecule has 1 atom stereocenters. The minimum Gasteiger partial charge on any atom is -0.454 e. The molecule has 5 heteroatoms. The van der Waals surface area contributed by atoms with Gasteiger partial charge in [-0.15, -0.1) is 0 Å². The quantitative estimate of drug-likeness (QED) is 0.665. The zero-order valence-electron chi connectivity index (χ0n) is 14.3. The highest BCUT2D eigenvalue weighted by Crippen LogP contribution is 2.16. The second kappa shape index (κ2) is 9.77. The lowest BCUT2D eigenvalue weighted by Gasteiger charge is -2.18. The van der Waals surface area contributed by atoms with Crippen LogP contribution in [0.1, 0.15) is 54.4 Å². The third-order valence-electron chi connectivity index (χ3n) is 2.94. The van der Waals surface area contributed by atoms with E-state index < -0.39 is 12.1 Å². The predicted molar refractivity (Wildman–Crippen MR) is 82.9 cm³/mol. The first-order chi connectivity index (χ1) is 9.61. The minimum atomic E-state index is -0.633. The molecule has 0 aromatic carbocycles. The number of carbonyl (C=O) groups excluding carboxylic acids is 2. The van der Waals surface area contributed by atoms with Crippen molar-refractivity contribution in [3.63, 3.8) is 0 Å². The molecule has 0 saturated heterocycles. The van der Waals surface area contributed by atoms with E-state index in [1.807, 2.05) is 0 Å². The third kappa shape index (κ3) is 12.4. The Bertz CT molecular complexity index is 321. The molecule has 5 nitrogen and oxygen atoms in total. The van der Waals surface area contributed by atoms with E-state index in [-0.39, 0.29) is 17.9 Å². The minimum absolute atomic E-state index is 0.169. The molecule has 0 aliphatic rings. The van der Waals surface area contributed by atoms with Gasteiger partial charge in [0, 0.05) is 13.2 Å². The van der Waals surface area contributed by atoms with Gasteiger partial charge in [-0.05, 0) is 31.1 Å². The molecular weight excluding hydrogens is 270 g/mol. The highest BCUT2D eigenvalue weighted by Gasteiger charge is 2.17. The fourth-order valence-electron chi connectivity index (χ4n) is 1.43. The summed E-state index contributed by atoms with van der Waals surface area (Å²) in [6.07, 6.45) is 1.14. The summed E-state index contributed by atoms with van der Waals surface area (Å²) in [6.45, 7) is 13.0. The molecule has 0 bridgehead atoms. The maximum atomic E-state index is 11.6. The van der Waals surface area contributed by atoms with Crippen LogP contribution in [0, 0.1) is 11.3 Å². The van der Waals surface area contributed by atoms with Gasteiger partial charge in [0.05, 0.1) is 0 Å². The summed E-state index contributed by atoms with van der Waals surface area (Å²) in [5, 5.41) is 2.73. The molecule has 1 unspecified atom stereocenters. The molecule has 0 fully saturated rings. The van der Waals surface area contributed by atoms with Crippen molar-refractivity contribution in [2.75, 3.05) is 19.8 Å². The van der Waals surface area contributed by atoms with Gasteiger partial charge in [0.2, 0.25) is 0 Å². The van der Waals surface area contributed by atoms with Crippen molar-refractivity contribution in [2.45, 2.75) is 60.5 Å². The average Bonchev–Trinajstić information content (AvgIpc) is 2.33. The van der Waals surface area contributed by atoms with Crippen molar-refractivity contribution in [1.82, 2.24) is 5.32 Å². The molecule has 0 spiro atoms. The maximum Gasteiger partial charge on any atom is 0.335 e. The van der Waals surface area contributed by atoms with Gasteiger partial charge in [-0.3, -0.25) is 4.79 Å². The molecule has 21 heavy (non-hydrogen) atoms. The number of amides is 1. The number of nitrogens with one attached hydrogen (secondary N) is 1. The number of carbonyl (C=O) groups is 2. The Kier molecular flexibility index (Phi) is 9.26. The van der Waals surface area contributed by atoms with Crippen LogP contribution in [0.5, 0.6) is 0 Å². The second-order valence-corrected chi connectivity index (χ2v) is 6.96. The fourth-order valence-corrected chi connectivity index (χ4v) is 1.43. The number of esters is 1. The van der Waals surface area contributed by atoms with Gasteiger partial charge in [0.1, 0.15) is 0 Å². The third-order valence-corrected chi connectivity index (χ3v) is 2.94. The molecule has 0 heterocycles. The van der Waals surface area contributed by atoms with Crippen LogP contribution in [0.3, 0.4) is 0 Å². The lowest BCUT2D eigenvalue weighted by atomic mass is 9.92. The molecule has 0 aliphatic carbocycles. The number of hydrogen-bond donors (Lipinski definition) is 1. The number of ether oxygens (including phenoxy) is 2. The molecule has 0 saturated carbocycles. The fraction of sp³-hybridized carbons (Fsp3) is 0.875. The Morgan fingerprint density at radius 2 is 1.76 bits per heavy atom. The molecule has 1 amide bonds. The lowest BCUT2D eigenvalue weighted by molar-refractivity contribution is -0.159. The van der Waals surface area contributed by atoms with Gasteiger partial charge < -0.3 is 14.8 Å². The van der Waals surface area contributed by atoms with Gasteiger partial charge in [0.15, 0.2) is 12.7 Å². The van der Waals surface area contributed by atoms with Crippen LogP contribution in [0.2, 0.25) is 0 Å². The van der Waals surface area contributed by atoms with E-state index in [1.165, 1.54) is 0 Å². The Balaban J connectivity index is 3.78. The van der Waals surface area contributed by atoms with E-state index >= 15 is 0 Å². The van der Waals surface area contributed by atoms with E-state index in [2.05, 4.69) is 39.9 Å². The van der Waals surface area contributed by atoms with Gasteiger partial charge >= 0.3 is 5.97 Å². The van der Waals surface area contributed by atoms with E-state index in [0.717, 1.165) is 12.8 Å². The monoisotopic (exact) mass is 301 g/mol. The van der Waals surface area contributed by atoms with Crippen LogP contribution < -0.4 is 5.32 Å². The molecule has 0 aliphatic heterocycles. The van der Waals surface area contributed by atoms with E-state index in [4.69, 9.17) is 9.47 Å². The normalized spacial score (nSPS) is 13.1. The topological polar surface area (TPSA) is 64.6 Å². The van der Waals surface area contributed by atoms with E-state index in [9.17, 15) is 9.59 Å². The molecule has 1 N–H and O–H groups in total. The van der Waals surface area contributed by atoms with E-state index in [0.29, 0.717) is 19.1 Å². The van der Waals surface area contributed by atoms with Crippen LogP contribution in [0.4, 0.5) is 0 Å². The summed E-state index contributed by atoms with van der Waals surface area (Å²) in [5.41, 5.74) is 0.169. The Labute approximate surface area is 128 Å². The molecule has 0 rings (SSSR count). The van der Waals surface area contributed by atoms with Gasteiger partial charge in [0.25, 0.3) is 5.91 Å². The molecule has 124 valence electrons. The molecule has 0 aromatic heterocycles. The van der Waals surface area contributed by atoms with Crippen LogP contribution in [0.15, 0.2) is 0 Å². The average molecular weight is 301 g/mol. The molecule has 0 aromatic rings. The summed E-state index contributed by atoms with van der Waals surface area (Å²) in [7, 11) is 0.